The molecule has 0 aliphatic rings. The number of aromatic nitrogens is 4. The standard InChI is InChI=1S/C17H18FN5O2/c1-24-12-2-10-23-11-8-15(22-23)20-17-19-9-7-16(21-17)25-14-5-3-13(18)4-6-14/h3-9,11H,2,10,12H2,1H3,(H,19,20,21,22). The molecule has 0 aliphatic heterocycles. The van der Waals surface area contributed by atoms with E-state index in [1.54, 1.807) is 19.4 Å². The summed E-state index contributed by atoms with van der Waals surface area (Å²) in [5, 5.41) is 7.41. The molecule has 3 aromatic rings. The third-order valence-corrected chi connectivity index (χ3v) is 3.28. The molecule has 0 unspecified atom stereocenters. The fraction of sp³-hybridized carbons (Fsp3) is 0.235. The zero-order valence-electron chi connectivity index (χ0n) is 13.7. The first-order chi connectivity index (χ1) is 12.2. The average Bonchev–Trinajstić information content (AvgIpc) is 3.05. The van der Waals surface area contributed by atoms with Crippen molar-refractivity contribution >= 4 is 11.8 Å². The molecule has 130 valence electrons. The minimum atomic E-state index is -0.321. The molecule has 0 atom stereocenters. The number of nitrogens with zero attached hydrogens (tertiary/aromatic N) is 4. The van der Waals surface area contributed by atoms with Crippen LogP contribution in [0.5, 0.6) is 11.6 Å². The number of anilines is 2. The van der Waals surface area contributed by atoms with Gasteiger partial charge in [-0.1, -0.05) is 0 Å². The van der Waals surface area contributed by atoms with Crippen molar-refractivity contribution in [2.45, 2.75) is 13.0 Å². The maximum atomic E-state index is 12.9. The van der Waals surface area contributed by atoms with Gasteiger partial charge in [0.2, 0.25) is 11.8 Å². The SMILES string of the molecule is COCCCn1ccc(Nc2nccc(Oc3ccc(F)cc3)n2)n1. The lowest BCUT2D eigenvalue weighted by atomic mass is 10.3. The number of hydrogen-bond donors (Lipinski definition) is 1. The summed E-state index contributed by atoms with van der Waals surface area (Å²) in [4.78, 5) is 8.41. The Bertz CT molecular complexity index is 807. The Morgan fingerprint density at radius 3 is 2.80 bits per heavy atom. The van der Waals surface area contributed by atoms with Gasteiger partial charge in [0.05, 0.1) is 0 Å². The van der Waals surface area contributed by atoms with E-state index < -0.39 is 0 Å². The molecular weight excluding hydrogens is 325 g/mol. The molecule has 0 radical (unpaired) electrons. The molecule has 7 nitrogen and oxygen atoms in total. The third-order valence-electron chi connectivity index (χ3n) is 3.28. The first-order valence-corrected chi connectivity index (χ1v) is 7.79. The molecule has 0 aliphatic carbocycles. The Balaban J connectivity index is 1.62. The highest BCUT2D eigenvalue weighted by Gasteiger charge is 2.05. The van der Waals surface area contributed by atoms with Crippen LogP contribution in [0.4, 0.5) is 16.2 Å². The van der Waals surface area contributed by atoms with Crippen LogP contribution in [0, 0.1) is 5.82 Å². The molecule has 0 spiro atoms. The summed E-state index contributed by atoms with van der Waals surface area (Å²) >= 11 is 0. The fourth-order valence-electron chi connectivity index (χ4n) is 2.12. The fourth-order valence-corrected chi connectivity index (χ4v) is 2.12. The van der Waals surface area contributed by atoms with Crippen LogP contribution in [0.3, 0.4) is 0 Å². The zero-order valence-corrected chi connectivity index (χ0v) is 13.7. The van der Waals surface area contributed by atoms with Gasteiger partial charge < -0.3 is 14.8 Å². The normalized spacial score (nSPS) is 10.6. The monoisotopic (exact) mass is 343 g/mol. The summed E-state index contributed by atoms with van der Waals surface area (Å²) < 4.78 is 25.4. The first-order valence-electron chi connectivity index (χ1n) is 7.79. The number of rotatable bonds is 8. The van der Waals surface area contributed by atoms with Crippen molar-refractivity contribution < 1.29 is 13.9 Å². The highest BCUT2D eigenvalue weighted by atomic mass is 19.1. The second-order valence-corrected chi connectivity index (χ2v) is 5.21. The minimum absolute atomic E-state index is 0.321. The molecule has 1 N–H and O–H groups in total. The molecule has 0 saturated carbocycles. The lowest BCUT2D eigenvalue weighted by Crippen LogP contribution is -2.03. The van der Waals surface area contributed by atoms with Gasteiger partial charge in [-0.05, 0) is 30.7 Å². The minimum Gasteiger partial charge on any atom is -0.439 e. The molecule has 25 heavy (non-hydrogen) atoms. The zero-order chi connectivity index (χ0) is 17.5. The second-order valence-electron chi connectivity index (χ2n) is 5.21. The molecule has 2 heterocycles. The smallest absolute Gasteiger partial charge is 0.231 e. The average molecular weight is 343 g/mol. The predicted molar refractivity (Wildman–Crippen MR) is 90.5 cm³/mol. The van der Waals surface area contributed by atoms with E-state index in [9.17, 15) is 4.39 Å². The van der Waals surface area contributed by atoms with Gasteiger partial charge in [0, 0.05) is 44.8 Å². The Kier molecular flexibility index (Phi) is 5.53. The van der Waals surface area contributed by atoms with Crippen LogP contribution in [0.15, 0.2) is 48.8 Å². The number of aryl methyl sites for hydroxylation is 1. The number of benzene rings is 1. The van der Waals surface area contributed by atoms with Crippen molar-refractivity contribution in [1.82, 2.24) is 19.7 Å². The van der Waals surface area contributed by atoms with Crippen LogP contribution < -0.4 is 10.1 Å². The predicted octanol–water partition coefficient (Wildman–Crippen LogP) is 3.38. The van der Waals surface area contributed by atoms with Crippen molar-refractivity contribution in [2.24, 2.45) is 0 Å². The van der Waals surface area contributed by atoms with Crippen LogP contribution in [0.25, 0.3) is 0 Å². The van der Waals surface area contributed by atoms with E-state index >= 15 is 0 Å². The lowest BCUT2D eigenvalue weighted by Gasteiger charge is -2.06. The van der Waals surface area contributed by atoms with E-state index in [2.05, 4.69) is 20.4 Å². The van der Waals surface area contributed by atoms with Crippen molar-refractivity contribution in [1.29, 1.82) is 0 Å². The Morgan fingerprint density at radius 1 is 1.16 bits per heavy atom. The van der Waals surface area contributed by atoms with Crippen molar-refractivity contribution in [3.05, 3.63) is 54.6 Å². The summed E-state index contributed by atoms with van der Waals surface area (Å²) in [7, 11) is 1.68. The topological polar surface area (TPSA) is 74.1 Å². The van der Waals surface area contributed by atoms with Crippen LogP contribution in [0.1, 0.15) is 6.42 Å². The van der Waals surface area contributed by atoms with Crippen LogP contribution in [-0.2, 0) is 11.3 Å². The highest BCUT2D eigenvalue weighted by Crippen LogP contribution is 2.20. The Hall–Kier alpha value is -3.00. The number of nitrogens with one attached hydrogen (secondary N) is 1. The van der Waals surface area contributed by atoms with E-state index in [0.717, 1.165) is 13.0 Å². The molecule has 8 heteroatoms. The summed E-state index contributed by atoms with van der Waals surface area (Å²) in [5.41, 5.74) is 0. The highest BCUT2D eigenvalue weighted by molar-refractivity contribution is 5.47. The second kappa shape index (κ2) is 8.20. The molecule has 1 aromatic carbocycles. The molecule has 0 saturated heterocycles. The number of hydrogen-bond acceptors (Lipinski definition) is 6. The van der Waals surface area contributed by atoms with Gasteiger partial charge in [0.15, 0.2) is 5.82 Å². The maximum absolute atomic E-state index is 12.9. The van der Waals surface area contributed by atoms with E-state index in [1.165, 1.54) is 24.3 Å². The molecule has 0 bridgehead atoms. The van der Waals surface area contributed by atoms with Crippen molar-refractivity contribution in [3.8, 4) is 11.6 Å². The summed E-state index contributed by atoms with van der Waals surface area (Å²) in [5.74, 6) is 1.52. The van der Waals surface area contributed by atoms with Gasteiger partial charge >= 0.3 is 0 Å². The largest absolute Gasteiger partial charge is 0.439 e. The molecule has 2 aromatic heterocycles. The Labute approximate surface area is 144 Å². The molecule has 3 rings (SSSR count). The third kappa shape index (κ3) is 4.98. The summed E-state index contributed by atoms with van der Waals surface area (Å²) in [6.45, 7) is 1.46. The molecular formula is C17H18FN5O2. The van der Waals surface area contributed by atoms with Gasteiger partial charge in [-0.25, -0.2) is 9.37 Å². The summed E-state index contributed by atoms with van der Waals surface area (Å²) in [6.07, 6.45) is 4.33. The van der Waals surface area contributed by atoms with Crippen LogP contribution in [-0.4, -0.2) is 33.5 Å². The quantitative estimate of drug-likeness (QED) is 0.632. The van der Waals surface area contributed by atoms with E-state index in [1.807, 2.05) is 16.9 Å². The van der Waals surface area contributed by atoms with E-state index in [0.29, 0.717) is 30.0 Å². The van der Waals surface area contributed by atoms with E-state index in [4.69, 9.17) is 9.47 Å². The van der Waals surface area contributed by atoms with Gasteiger partial charge in [0.1, 0.15) is 11.6 Å². The van der Waals surface area contributed by atoms with E-state index in [-0.39, 0.29) is 5.82 Å². The van der Waals surface area contributed by atoms with Gasteiger partial charge in [-0.15, -0.1) is 0 Å². The molecule has 0 fully saturated rings. The first kappa shape index (κ1) is 16.8. The lowest BCUT2D eigenvalue weighted by molar-refractivity contribution is 0.189. The van der Waals surface area contributed by atoms with Gasteiger partial charge in [-0.3, -0.25) is 4.68 Å². The van der Waals surface area contributed by atoms with Crippen molar-refractivity contribution in [3.63, 3.8) is 0 Å². The van der Waals surface area contributed by atoms with Gasteiger partial charge in [-0.2, -0.15) is 10.1 Å². The van der Waals surface area contributed by atoms with Crippen LogP contribution >= 0.6 is 0 Å². The molecule has 0 amide bonds. The maximum Gasteiger partial charge on any atom is 0.231 e. The van der Waals surface area contributed by atoms with Gasteiger partial charge in [0.25, 0.3) is 0 Å². The number of methoxy groups -OCH3 is 1. The summed E-state index contributed by atoms with van der Waals surface area (Å²) in [6, 6.07) is 9.18. The number of ether oxygens (including phenoxy) is 2. The van der Waals surface area contributed by atoms with Crippen LogP contribution in [0.2, 0.25) is 0 Å². The number of halogens is 1. The van der Waals surface area contributed by atoms with Crippen molar-refractivity contribution in [2.75, 3.05) is 19.0 Å². The Morgan fingerprint density at radius 2 is 2.00 bits per heavy atom.